The number of ether oxygens (including phenoxy) is 9. The molecule has 3 aliphatic heterocycles. The third-order valence-corrected chi connectivity index (χ3v) is 12.8. The average Bonchev–Trinajstić information content (AvgIpc) is 4.07. The monoisotopic (exact) mass is 808 g/mol. The van der Waals surface area contributed by atoms with E-state index in [0.717, 1.165) is 24.2 Å². The quantitative estimate of drug-likeness (QED) is 0.143. The van der Waals surface area contributed by atoms with Crippen molar-refractivity contribution >= 4 is 11.9 Å². The van der Waals surface area contributed by atoms with Gasteiger partial charge in [0.25, 0.3) is 0 Å². The van der Waals surface area contributed by atoms with E-state index in [9.17, 15) is 19.8 Å². The molecular weight excluding hydrogens is 748 g/mol. The fourth-order valence-electron chi connectivity index (χ4n) is 9.32. The van der Waals surface area contributed by atoms with Gasteiger partial charge < -0.3 is 52.8 Å². The second-order valence-corrected chi connectivity index (χ2v) is 18.5. The molecular formula is C45H60O13. The molecule has 58 heavy (non-hydrogen) atoms. The number of esters is 2. The lowest BCUT2D eigenvalue weighted by Gasteiger charge is -2.31. The van der Waals surface area contributed by atoms with Gasteiger partial charge in [0.2, 0.25) is 0 Å². The highest BCUT2D eigenvalue weighted by atomic mass is 16.6. The molecule has 0 bridgehead atoms. The predicted molar refractivity (Wildman–Crippen MR) is 210 cm³/mol. The molecule has 2 N–H and O–H groups in total. The molecule has 6 aliphatic rings. The van der Waals surface area contributed by atoms with E-state index in [-0.39, 0.29) is 72.2 Å². The zero-order chi connectivity index (χ0) is 40.8. The molecule has 2 aromatic carbocycles. The summed E-state index contributed by atoms with van der Waals surface area (Å²) in [6.45, 7) is 14.0. The highest BCUT2D eigenvalue weighted by Crippen LogP contribution is 2.65. The molecule has 1 spiro atoms. The van der Waals surface area contributed by atoms with Crippen LogP contribution >= 0.6 is 0 Å². The van der Waals surface area contributed by atoms with Gasteiger partial charge in [-0.25, -0.2) is 0 Å². The van der Waals surface area contributed by atoms with Crippen molar-refractivity contribution in [2.45, 2.75) is 126 Å². The van der Waals surface area contributed by atoms with Crippen molar-refractivity contribution in [3.05, 3.63) is 46.5 Å². The zero-order valence-corrected chi connectivity index (χ0v) is 34.5. The number of hydrogen-bond acceptors (Lipinski definition) is 13. The minimum Gasteiger partial charge on any atom is -0.487 e. The van der Waals surface area contributed by atoms with Crippen molar-refractivity contribution in [2.24, 2.45) is 11.8 Å². The second kappa shape index (κ2) is 16.4. The molecule has 1 saturated carbocycles. The van der Waals surface area contributed by atoms with Gasteiger partial charge in [0.15, 0.2) is 23.0 Å². The minimum atomic E-state index is -1.07. The van der Waals surface area contributed by atoms with Gasteiger partial charge in [-0.1, -0.05) is 34.6 Å². The van der Waals surface area contributed by atoms with Crippen LogP contribution in [0.25, 0.3) is 0 Å². The van der Waals surface area contributed by atoms with E-state index in [4.69, 9.17) is 42.6 Å². The predicted octanol–water partition coefficient (Wildman–Crippen LogP) is 5.07. The number of benzene rings is 2. The van der Waals surface area contributed by atoms with Gasteiger partial charge in [-0.3, -0.25) is 9.59 Å². The molecule has 6 unspecified atom stereocenters. The first kappa shape index (κ1) is 41.1. The first-order valence-electron chi connectivity index (χ1n) is 21.2. The van der Waals surface area contributed by atoms with Gasteiger partial charge in [0, 0.05) is 5.41 Å². The Morgan fingerprint density at radius 3 is 1.34 bits per heavy atom. The Labute approximate surface area is 340 Å². The Hall–Kier alpha value is -3.62. The Morgan fingerprint density at radius 1 is 0.603 bits per heavy atom. The topological polar surface area (TPSA) is 168 Å². The van der Waals surface area contributed by atoms with E-state index in [2.05, 4.69) is 52.0 Å². The van der Waals surface area contributed by atoms with Crippen LogP contribution in [0.5, 0.6) is 23.0 Å². The molecule has 13 nitrogen and oxygen atoms in total. The van der Waals surface area contributed by atoms with Gasteiger partial charge >= 0.3 is 11.9 Å². The molecule has 3 saturated heterocycles. The largest absolute Gasteiger partial charge is 0.487 e. The van der Waals surface area contributed by atoms with E-state index in [1.807, 2.05) is 6.92 Å². The average molecular weight is 809 g/mol. The molecule has 6 atom stereocenters. The van der Waals surface area contributed by atoms with E-state index < -0.39 is 18.2 Å². The van der Waals surface area contributed by atoms with Crippen LogP contribution in [0.4, 0.5) is 0 Å². The minimum absolute atomic E-state index is 0.0154. The van der Waals surface area contributed by atoms with Crippen molar-refractivity contribution in [3.8, 4) is 23.0 Å². The maximum Gasteiger partial charge on any atom is 0.309 e. The summed E-state index contributed by atoms with van der Waals surface area (Å²) in [7, 11) is 0. The summed E-state index contributed by atoms with van der Waals surface area (Å²) in [4.78, 5) is 25.4. The van der Waals surface area contributed by atoms with Crippen LogP contribution in [0.3, 0.4) is 0 Å². The Bertz CT molecular complexity index is 1820. The zero-order valence-electron chi connectivity index (χ0n) is 34.5. The first-order chi connectivity index (χ1) is 27.7. The standard InChI is InChI=1S/C45H60O13/c1-6-28(46)15-57-41(48)26-7-9-27(10-8-26)42(49)58-17-29(47)16-53-37-11-33-35(13-39(37)55-22-31-19-51-31)45(24-43(33,2)3)25-44(4,5)34-12-38(54-21-30-18-50-30)40(14-36(34)45)56-23-32-20-52-32/h11-14,26-32,46-47H,6-10,15-25H2,1-5H3. The number of epoxide rings is 3. The molecule has 0 aromatic heterocycles. The maximum atomic E-state index is 13.0. The first-order valence-corrected chi connectivity index (χ1v) is 21.2. The van der Waals surface area contributed by atoms with E-state index in [0.29, 0.717) is 89.0 Å². The fraction of sp³-hybridized carbons (Fsp3) is 0.689. The number of rotatable bonds is 19. The maximum absolute atomic E-state index is 13.0. The lowest BCUT2D eigenvalue weighted by molar-refractivity contribution is -0.158. The SMILES string of the molecule is CCC(O)COC(=O)C1CCC(C(=O)OCC(O)COc2cc3c(cc2OCC2CO2)C2(CC3(C)C)CC(C)(C)c3cc(OCC4CO4)c(OCC4CO4)cc32)CC1. The molecule has 3 heterocycles. The molecule has 0 amide bonds. The van der Waals surface area contributed by atoms with Crippen molar-refractivity contribution in [1.82, 2.24) is 0 Å². The number of aliphatic hydroxyl groups excluding tert-OH is 2. The van der Waals surface area contributed by atoms with Gasteiger partial charge in [-0.2, -0.15) is 0 Å². The summed E-state index contributed by atoms with van der Waals surface area (Å²) in [5.41, 5.74) is 4.09. The Balaban J connectivity index is 0.970. The van der Waals surface area contributed by atoms with Gasteiger partial charge in [0.1, 0.15) is 64.1 Å². The fourth-order valence-corrected chi connectivity index (χ4v) is 9.32. The molecule has 8 rings (SSSR count). The van der Waals surface area contributed by atoms with E-state index in [1.54, 1.807) is 0 Å². The summed E-state index contributed by atoms with van der Waals surface area (Å²) >= 11 is 0. The van der Waals surface area contributed by atoms with Crippen LogP contribution in [-0.4, -0.2) is 112 Å². The third-order valence-electron chi connectivity index (χ3n) is 12.8. The molecule has 13 heteroatoms. The van der Waals surface area contributed by atoms with Crippen molar-refractivity contribution < 1.29 is 62.4 Å². The van der Waals surface area contributed by atoms with Crippen LogP contribution in [0.1, 0.15) is 102 Å². The van der Waals surface area contributed by atoms with Crippen LogP contribution < -0.4 is 18.9 Å². The van der Waals surface area contributed by atoms with Crippen molar-refractivity contribution in [2.75, 3.05) is 59.5 Å². The Morgan fingerprint density at radius 2 is 0.966 bits per heavy atom. The number of aliphatic hydroxyl groups is 2. The lowest BCUT2D eigenvalue weighted by Crippen LogP contribution is -2.32. The molecule has 0 radical (unpaired) electrons. The van der Waals surface area contributed by atoms with Gasteiger partial charge in [0.05, 0.1) is 37.8 Å². The number of carbonyl (C=O) groups excluding carboxylic acids is 2. The molecule has 318 valence electrons. The lowest BCUT2D eigenvalue weighted by atomic mass is 9.72. The number of fused-ring (bicyclic) bond motifs is 4. The third kappa shape index (κ3) is 9.08. The summed E-state index contributed by atoms with van der Waals surface area (Å²) in [6, 6.07) is 8.57. The second-order valence-electron chi connectivity index (χ2n) is 18.5. The van der Waals surface area contributed by atoms with Crippen LogP contribution in [0.15, 0.2) is 24.3 Å². The highest BCUT2D eigenvalue weighted by molar-refractivity contribution is 5.75. The smallest absolute Gasteiger partial charge is 0.309 e. The van der Waals surface area contributed by atoms with Crippen molar-refractivity contribution in [1.29, 1.82) is 0 Å². The summed E-state index contributed by atoms with van der Waals surface area (Å²) in [5, 5.41) is 20.7. The van der Waals surface area contributed by atoms with Gasteiger partial charge in [-0.15, -0.1) is 0 Å². The van der Waals surface area contributed by atoms with E-state index >= 15 is 0 Å². The number of carbonyl (C=O) groups is 2. The highest BCUT2D eigenvalue weighted by Gasteiger charge is 2.57. The molecule has 3 aliphatic carbocycles. The number of hydrogen-bond donors (Lipinski definition) is 2. The Kier molecular flexibility index (Phi) is 11.7. The summed E-state index contributed by atoms with van der Waals surface area (Å²) < 4.78 is 52.6. The van der Waals surface area contributed by atoms with Crippen LogP contribution in [0, 0.1) is 11.8 Å². The van der Waals surface area contributed by atoms with E-state index in [1.165, 1.54) is 16.7 Å². The summed E-state index contributed by atoms with van der Waals surface area (Å²) in [5.74, 6) is 1.16. The summed E-state index contributed by atoms with van der Waals surface area (Å²) in [6.07, 6.45) is 2.77. The van der Waals surface area contributed by atoms with Gasteiger partial charge in [-0.05, 0) is 102 Å². The van der Waals surface area contributed by atoms with Crippen molar-refractivity contribution in [3.63, 3.8) is 0 Å². The van der Waals surface area contributed by atoms with Crippen LogP contribution in [0.2, 0.25) is 0 Å². The molecule has 4 fully saturated rings. The normalized spacial score (nSPS) is 29.1. The van der Waals surface area contributed by atoms with Crippen LogP contribution in [-0.2, 0) is 49.5 Å². The molecule has 2 aromatic rings.